The van der Waals surface area contributed by atoms with E-state index in [0.29, 0.717) is 16.9 Å². The number of furan rings is 1. The Kier molecular flexibility index (Phi) is 4.97. The normalized spacial score (nSPS) is 10.8. The fraction of sp³-hybridized carbons (Fsp3) is 0. The van der Waals surface area contributed by atoms with Crippen LogP contribution in [-0.2, 0) is 0 Å². The zero-order valence-electron chi connectivity index (χ0n) is 16.8. The smallest absolute Gasteiger partial charge is 0.291 e. The molecule has 2 aromatic heterocycles. The van der Waals surface area contributed by atoms with Gasteiger partial charge >= 0.3 is 0 Å². The fourth-order valence-corrected chi connectivity index (χ4v) is 3.31. The highest BCUT2D eigenvalue weighted by Gasteiger charge is 2.11. The van der Waals surface area contributed by atoms with Gasteiger partial charge in [0.15, 0.2) is 5.76 Å². The Hall–Kier alpha value is -4.65. The number of carbonyl (C=O) groups is 2. The lowest BCUT2D eigenvalue weighted by Gasteiger charge is -2.07. The number of nitrogens with one attached hydrogen (secondary N) is 3. The van der Waals surface area contributed by atoms with Crippen molar-refractivity contribution in [2.24, 2.45) is 0 Å². The van der Waals surface area contributed by atoms with E-state index in [1.165, 1.54) is 6.26 Å². The molecule has 0 spiro atoms. The number of carbonyl (C=O) groups excluding carboxylic acids is 2. The Balaban J connectivity index is 1.24. The summed E-state index contributed by atoms with van der Waals surface area (Å²) in [6, 6.07) is 25.2. The number of nitrogens with zero attached hydrogens (tertiary/aromatic N) is 1. The van der Waals surface area contributed by atoms with Crippen LogP contribution in [-0.4, -0.2) is 21.8 Å². The molecular weight excluding hydrogens is 404 g/mol. The van der Waals surface area contributed by atoms with Crippen molar-refractivity contribution in [2.75, 3.05) is 10.6 Å². The van der Waals surface area contributed by atoms with Crippen LogP contribution in [0.3, 0.4) is 0 Å². The number of anilines is 2. The first-order chi connectivity index (χ1) is 15.7. The van der Waals surface area contributed by atoms with Crippen molar-refractivity contribution < 1.29 is 14.0 Å². The number of imidazole rings is 1. The van der Waals surface area contributed by atoms with Gasteiger partial charge in [-0.2, -0.15) is 0 Å². The number of para-hydroxylation sites is 2. The molecule has 156 valence electrons. The summed E-state index contributed by atoms with van der Waals surface area (Å²) in [6.07, 6.45) is 1.44. The zero-order chi connectivity index (χ0) is 21.9. The molecular formula is C25H18N4O3. The van der Waals surface area contributed by atoms with Crippen LogP contribution in [0.2, 0.25) is 0 Å². The standard InChI is InChI=1S/C25H18N4O3/c30-24(17-9-13-19(14-10-17)27-25(31)22-6-3-15-32-22)26-18-11-7-16(8-12-18)23-28-20-4-1-2-5-21(20)29-23/h1-15H,(H,26,30)(H,27,31)(H,28,29). The van der Waals surface area contributed by atoms with Crippen LogP contribution in [0, 0.1) is 0 Å². The summed E-state index contributed by atoms with van der Waals surface area (Å²) in [4.78, 5) is 32.5. The Morgan fingerprint density at radius 3 is 2.12 bits per heavy atom. The van der Waals surface area contributed by atoms with E-state index in [9.17, 15) is 9.59 Å². The van der Waals surface area contributed by atoms with Crippen LogP contribution in [0.25, 0.3) is 22.4 Å². The Morgan fingerprint density at radius 1 is 0.750 bits per heavy atom. The molecule has 3 aromatic carbocycles. The number of aromatic nitrogens is 2. The molecule has 32 heavy (non-hydrogen) atoms. The summed E-state index contributed by atoms with van der Waals surface area (Å²) >= 11 is 0. The van der Waals surface area contributed by atoms with Crippen LogP contribution in [0.5, 0.6) is 0 Å². The van der Waals surface area contributed by atoms with E-state index < -0.39 is 0 Å². The predicted molar refractivity (Wildman–Crippen MR) is 123 cm³/mol. The van der Waals surface area contributed by atoms with Gasteiger partial charge in [0, 0.05) is 22.5 Å². The quantitative estimate of drug-likeness (QED) is 0.356. The third-order valence-corrected chi connectivity index (χ3v) is 4.96. The maximum Gasteiger partial charge on any atom is 0.291 e. The summed E-state index contributed by atoms with van der Waals surface area (Å²) in [5.74, 6) is 0.399. The molecule has 0 fully saturated rings. The van der Waals surface area contributed by atoms with Gasteiger partial charge in [-0.3, -0.25) is 9.59 Å². The molecule has 0 radical (unpaired) electrons. The topological polar surface area (TPSA) is 100 Å². The molecule has 0 bridgehead atoms. The average Bonchev–Trinajstić information content (AvgIpc) is 3.50. The molecule has 3 N–H and O–H groups in total. The molecule has 0 aliphatic rings. The summed E-state index contributed by atoms with van der Waals surface area (Å²) in [5, 5.41) is 5.59. The highest BCUT2D eigenvalue weighted by molar-refractivity contribution is 6.05. The van der Waals surface area contributed by atoms with Crippen LogP contribution < -0.4 is 10.6 Å². The number of fused-ring (bicyclic) bond motifs is 1. The minimum absolute atomic E-state index is 0.220. The molecule has 0 unspecified atom stereocenters. The van der Waals surface area contributed by atoms with Crippen LogP contribution >= 0.6 is 0 Å². The number of amides is 2. The van der Waals surface area contributed by atoms with E-state index in [1.807, 2.05) is 48.5 Å². The maximum absolute atomic E-state index is 12.6. The fourth-order valence-electron chi connectivity index (χ4n) is 3.31. The van der Waals surface area contributed by atoms with Gasteiger partial charge in [0.05, 0.1) is 17.3 Å². The molecule has 5 rings (SSSR count). The first kappa shape index (κ1) is 19.3. The van der Waals surface area contributed by atoms with Gasteiger partial charge in [0.2, 0.25) is 0 Å². The Morgan fingerprint density at radius 2 is 1.44 bits per heavy atom. The molecule has 7 nitrogen and oxygen atoms in total. The number of hydrogen-bond acceptors (Lipinski definition) is 4. The molecule has 5 aromatic rings. The summed E-state index contributed by atoms with van der Waals surface area (Å²) in [5.41, 5.74) is 4.52. The van der Waals surface area contributed by atoms with E-state index in [4.69, 9.17) is 4.42 Å². The first-order valence-electron chi connectivity index (χ1n) is 9.97. The third kappa shape index (κ3) is 3.99. The number of rotatable bonds is 5. The molecule has 2 amide bonds. The third-order valence-electron chi connectivity index (χ3n) is 4.96. The van der Waals surface area contributed by atoms with E-state index in [1.54, 1.807) is 36.4 Å². The van der Waals surface area contributed by atoms with Crippen LogP contribution in [0.4, 0.5) is 11.4 Å². The van der Waals surface area contributed by atoms with Crippen LogP contribution in [0.15, 0.2) is 95.6 Å². The van der Waals surface area contributed by atoms with Gasteiger partial charge in [-0.05, 0) is 72.8 Å². The molecule has 0 saturated heterocycles. The highest BCUT2D eigenvalue weighted by atomic mass is 16.3. The van der Waals surface area contributed by atoms with Crippen molar-refractivity contribution in [1.29, 1.82) is 0 Å². The van der Waals surface area contributed by atoms with Gasteiger partial charge in [-0.1, -0.05) is 12.1 Å². The minimum Gasteiger partial charge on any atom is -0.459 e. The lowest BCUT2D eigenvalue weighted by molar-refractivity contribution is 0.0995. The minimum atomic E-state index is -0.350. The summed E-state index contributed by atoms with van der Waals surface area (Å²) in [6.45, 7) is 0. The van der Waals surface area contributed by atoms with Crippen molar-refractivity contribution in [3.63, 3.8) is 0 Å². The number of H-pyrrole nitrogens is 1. The summed E-state index contributed by atoms with van der Waals surface area (Å²) in [7, 11) is 0. The lowest BCUT2D eigenvalue weighted by atomic mass is 10.1. The van der Waals surface area contributed by atoms with Crippen molar-refractivity contribution in [3.8, 4) is 11.4 Å². The Bertz CT molecular complexity index is 1350. The highest BCUT2D eigenvalue weighted by Crippen LogP contribution is 2.22. The number of hydrogen-bond donors (Lipinski definition) is 3. The average molecular weight is 422 g/mol. The Labute approximate surface area is 183 Å². The van der Waals surface area contributed by atoms with Gasteiger partial charge in [0.1, 0.15) is 5.82 Å². The molecule has 0 aliphatic heterocycles. The van der Waals surface area contributed by atoms with Crippen molar-refractivity contribution in [2.45, 2.75) is 0 Å². The largest absolute Gasteiger partial charge is 0.459 e. The second-order valence-corrected chi connectivity index (χ2v) is 7.14. The van der Waals surface area contributed by atoms with E-state index >= 15 is 0 Å². The predicted octanol–water partition coefficient (Wildman–Crippen LogP) is 5.33. The van der Waals surface area contributed by atoms with E-state index in [0.717, 1.165) is 22.4 Å². The second kappa shape index (κ2) is 8.23. The van der Waals surface area contributed by atoms with Crippen molar-refractivity contribution in [3.05, 3.63) is 103 Å². The summed E-state index contributed by atoms with van der Waals surface area (Å²) < 4.78 is 5.07. The first-order valence-corrected chi connectivity index (χ1v) is 9.97. The van der Waals surface area contributed by atoms with Gasteiger partial charge in [-0.15, -0.1) is 0 Å². The number of benzene rings is 3. The monoisotopic (exact) mass is 422 g/mol. The molecule has 0 aliphatic carbocycles. The van der Waals surface area contributed by atoms with Crippen molar-refractivity contribution >= 4 is 34.2 Å². The molecule has 0 saturated carbocycles. The van der Waals surface area contributed by atoms with E-state index in [-0.39, 0.29) is 17.6 Å². The molecule has 0 atom stereocenters. The molecule has 7 heteroatoms. The number of aromatic amines is 1. The lowest BCUT2D eigenvalue weighted by Crippen LogP contribution is -2.13. The van der Waals surface area contributed by atoms with Crippen LogP contribution in [0.1, 0.15) is 20.9 Å². The maximum atomic E-state index is 12.6. The molecule has 2 heterocycles. The van der Waals surface area contributed by atoms with Gasteiger partial charge in [-0.25, -0.2) is 4.98 Å². The second-order valence-electron chi connectivity index (χ2n) is 7.14. The SMILES string of the molecule is O=C(Nc1ccc(-c2nc3ccccc3[nH]2)cc1)c1ccc(NC(=O)c2ccco2)cc1. The van der Waals surface area contributed by atoms with Gasteiger partial charge < -0.3 is 20.0 Å². The van der Waals surface area contributed by atoms with E-state index in [2.05, 4.69) is 20.6 Å². The van der Waals surface area contributed by atoms with Crippen molar-refractivity contribution in [1.82, 2.24) is 9.97 Å². The van der Waals surface area contributed by atoms with Gasteiger partial charge in [0.25, 0.3) is 11.8 Å². The zero-order valence-corrected chi connectivity index (χ0v) is 16.8.